The number of hydrogen-bond acceptors (Lipinski definition) is 4. The highest BCUT2D eigenvalue weighted by Gasteiger charge is 2.50. The quantitative estimate of drug-likeness (QED) is 0.777. The van der Waals surface area contributed by atoms with Crippen molar-refractivity contribution in [3.63, 3.8) is 0 Å². The fraction of sp³-hybridized carbons (Fsp3) is 0.929. The topological polar surface area (TPSA) is 47.6 Å². The average molecular weight is 255 g/mol. The van der Waals surface area contributed by atoms with Crippen molar-refractivity contribution in [3.8, 4) is 0 Å². The standard InChI is InChI=1S/C14H25NO3/c1-3-5-11-8-14(6-7-18-11)10-15-9-12(14)13(16)17-4-2/h11-12,15H,3-10H2,1-2H3. The van der Waals surface area contributed by atoms with Crippen LogP contribution in [0.1, 0.15) is 39.5 Å². The second kappa shape index (κ2) is 6.02. The summed E-state index contributed by atoms with van der Waals surface area (Å²) in [6, 6.07) is 0. The summed E-state index contributed by atoms with van der Waals surface area (Å²) in [5.74, 6) is -0.0136. The summed E-state index contributed by atoms with van der Waals surface area (Å²) in [5.41, 5.74) is 0.0737. The zero-order valence-corrected chi connectivity index (χ0v) is 11.5. The number of hydrogen-bond donors (Lipinski definition) is 1. The Morgan fingerprint density at radius 2 is 2.33 bits per heavy atom. The predicted molar refractivity (Wildman–Crippen MR) is 69.3 cm³/mol. The number of rotatable bonds is 4. The van der Waals surface area contributed by atoms with Gasteiger partial charge in [0, 0.05) is 25.1 Å². The first-order valence-electron chi connectivity index (χ1n) is 7.21. The van der Waals surface area contributed by atoms with Crippen LogP contribution in [0, 0.1) is 11.3 Å². The Hall–Kier alpha value is -0.610. The minimum atomic E-state index is -0.0281. The third kappa shape index (κ3) is 2.69. The Morgan fingerprint density at radius 1 is 1.50 bits per heavy atom. The zero-order chi connectivity index (χ0) is 13.0. The molecule has 2 saturated heterocycles. The molecule has 2 aliphatic rings. The lowest BCUT2D eigenvalue weighted by atomic mass is 9.70. The summed E-state index contributed by atoms with van der Waals surface area (Å²) in [6.07, 6.45) is 4.52. The molecule has 3 atom stereocenters. The van der Waals surface area contributed by atoms with Crippen LogP contribution in [0.4, 0.5) is 0 Å². The molecule has 18 heavy (non-hydrogen) atoms. The van der Waals surface area contributed by atoms with E-state index in [1.54, 1.807) is 0 Å². The van der Waals surface area contributed by atoms with E-state index >= 15 is 0 Å². The van der Waals surface area contributed by atoms with E-state index in [0.29, 0.717) is 12.7 Å². The molecule has 2 heterocycles. The molecule has 0 aromatic rings. The maximum absolute atomic E-state index is 12.1. The highest BCUT2D eigenvalue weighted by atomic mass is 16.5. The largest absolute Gasteiger partial charge is 0.466 e. The van der Waals surface area contributed by atoms with Crippen LogP contribution in [0.15, 0.2) is 0 Å². The molecule has 2 rings (SSSR count). The number of ether oxygens (including phenoxy) is 2. The Kier molecular flexibility index (Phi) is 4.62. The smallest absolute Gasteiger partial charge is 0.310 e. The van der Waals surface area contributed by atoms with Crippen LogP contribution in [0.5, 0.6) is 0 Å². The van der Waals surface area contributed by atoms with Crippen molar-refractivity contribution >= 4 is 5.97 Å². The summed E-state index contributed by atoms with van der Waals surface area (Å²) >= 11 is 0. The Labute approximate surface area is 109 Å². The van der Waals surface area contributed by atoms with Gasteiger partial charge in [0.15, 0.2) is 0 Å². The lowest BCUT2D eigenvalue weighted by Gasteiger charge is -2.40. The molecule has 0 aromatic carbocycles. The summed E-state index contributed by atoms with van der Waals surface area (Å²) in [5, 5.41) is 3.38. The first kappa shape index (κ1) is 13.8. The molecule has 104 valence electrons. The first-order valence-corrected chi connectivity index (χ1v) is 7.21. The van der Waals surface area contributed by atoms with Gasteiger partial charge in [-0.15, -0.1) is 0 Å². The van der Waals surface area contributed by atoms with E-state index in [0.717, 1.165) is 45.4 Å². The van der Waals surface area contributed by atoms with Crippen molar-refractivity contribution in [1.29, 1.82) is 0 Å². The van der Waals surface area contributed by atoms with Gasteiger partial charge in [-0.2, -0.15) is 0 Å². The van der Waals surface area contributed by atoms with Crippen LogP contribution in [-0.4, -0.2) is 38.4 Å². The van der Waals surface area contributed by atoms with Crippen LogP contribution in [0.25, 0.3) is 0 Å². The molecule has 0 radical (unpaired) electrons. The van der Waals surface area contributed by atoms with Gasteiger partial charge in [0.1, 0.15) is 0 Å². The van der Waals surface area contributed by atoms with Crippen molar-refractivity contribution in [3.05, 3.63) is 0 Å². The van der Waals surface area contributed by atoms with E-state index in [1.165, 1.54) is 0 Å². The van der Waals surface area contributed by atoms with Crippen molar-refractivity contribution in [1.82, 2.24) is 5.32 Å². The molecule has 0 aromatic heterocycles. The van der Waals surface area contributed by atoms with Crippen LogP contribution < -0.4 is 5.32 Å². The van der Waals surface area contributed by atoms with E-state index in [4.69, 9.17) is 9.47 Å². The van der Waals surface area contributed by atoms with E-state index in [2.05, 4.69) is 12.2 Å². The Bertz CT molecular complexity index is 293. The van der Waals surface area contributed by atoms with Crippen LogP contribution in [0.3, 0.4) is 0 Å². The van der Waals surface area contributed by atoms with Gasteiger partial charge in [-0.05, 0) is 26.2 Å². The number of carbonyl (C=O) groups is 1. The van der Waals surface area contributed by atoms with Gasteiger partial charge < -0.3 is 14.8 Å². The first-order chi connectivity index (χ1) is 8.72. The predicted octanol–water partition coefficient (Wildman–Crippen LogP) is 1.73. The Balaban J connectivity index is 2.05. The number of esters is 1. The molecule has 1 N–H and O–H groups in total. The zero-order valence-electron chi connectivity index (χ0n) is 11.5. The van der Waals surface area contributed by atoms with Gasteiger partial charge >= 0.3 is 5.97 Å². The molecule has 4 heteroatoms. The van der Waals surface area contributed by atoms with Crippen molar-refractivity contribution < 1.29 is 14.3 Å². The minimum absolute atomic E-state index is 0.0145. The molecule has 0 saturated carbocycles. The van der Waals surface area contributed by atoms with E-state index < -0.39 is 0 Å². The van der Waals surface area contributed by atoms with Gasteiger partial charge in [0.25, 0.3) is 0 Å². The van der Waals surface area contributed by atoms with Crippen LogP contribution >= 0.6 is 0 Å². The third-order valence-corrected chi connectivity index (χ3v) is 4.33. The molecule has 0 amide bonds. The molecular formula is C14H25NO3. The second-order valence-electron chi connectivity index (χ2n) is 5.53. The molecule has 4 nitrogen and oxygen atoms in total. The molecular weight excluding hydrogens is 230 g/mol. The van der Waals surface area contributed by atoms with Gasteiger partial charge in [-0.3, -0.25) is 4.79 Å². The number of nitrogens with one attached hydrogen (secondary N) is 1. The third-order valence-electron chi connectivity index (χ3n) is 4.33. The monoisotopic (exact) mass is 255 g/mol. The molecule has 0 bridgehead atoms. The Morgan fingerprint density at radius 3 is 3.06 bits per heavy atom. The van der Waals surface area contributed by atoms with Crippen LogP contribution in [0.2, 0.25) is 0 Å². The van der Waals surface area contributed by atoms with Crippen molar-refractivity contribution in [2.45, 2.75) is 45.6 Å². The van der Waals surface area contributed by atoms with E-state index in [1.807, 2.05) is 6.92 Å². The lowest BCUT2D eigenvalue weighted by molar-refractivity contribution is -0.155. The van der Waals surface area contributed by atoms with E-state index in [-0.39, 0.29) is 17.3 Å². The maximum atomic E-state index is 12.1. The molecule has 2 fully saturated rings. The fourth-order valence-corrected chi connectivity index (χ4v) is 3.41. The van der Waals surface area contributed by atoms with Crippen molar-refractivity contribution in [2.75, 3.05) is 26.3 Å². The summed E-state index contributed by atoms with van der Waals surface area (Å²) in [7, 11) is 0. The van der Waals surface area contributed by atoms with Gasteiger partial charge in [-0.1, -0.05) is 13.3 Å². The minimum Gasteiger partial charge on any atom is -0.466 e. The van der Waals surface area contributed by atoms with Gasteiger partial charge in [-0.25, -0.2) is 0 Å². The summed E-state index contributed by atoms with van der Waals surface area (Å²) in [4.78, 5) is 12.1. The molecule has 0 aliphatic carbocycles. The van der Waals surface area contributed by atoms with E-state index in [9.17, 15) is 4.79 Å². The summed E-state index contributed by atoms with van der Waals surface area (Å²) < 4.78 is 11.0. The molecule has 1 spiro atoms. The molecule has 3 unspecified atom stereocenters. The normalized spacial score (nSPS) is 35.9. The van der Waals surface area contributed by atoms with Gasteiger partial charge in [0.2, 0.25) is 0 Å². The SMILES string of the molecule is CCCC1CC2(CCO1)CNCC2C(=O)OCC. The molecule has 2 aliphatic heterocycles. The van der Waals surface area contributed by atoms with Crippen molar-refractivity contribution in [2.24, 2.45) is 11.3 Å². The summed E-state index contributed by atoms with van der Waals surface area (Å²) in [6.45, 7) is 7.00. The fourth-order valence-electron chi connectivity index (χ4n) is 3.41. The van der Waals surface area contributed by atoms with Gasteiger partial charge in [0.05, 0.1) is 18.6 Å². The average Bonchev–Trinajstić information content (AvgIpc) is 2.73. The van der Waals surface area contributed by atoms with Crippen LogP contribution in [-0.2, 0) is 14.3 Å². The lowest BCUT2D eigenvalue weighted by Crippen LogP contribution is -2.43. The number of carbonyl (C=O) groups excluding carboxylic acids is 1. The maximum Gasteiger partial charge on any atom is 0.310 e. The highest BCUT2D eigenvalue weighted by Crippen LogP contribution is 2.44. The second-order valence-corrected chi connectivity index (χ2v) is 5.53. The highest BCUT2D eigenvalue weighted by molar-refractivity contribution is 5.74.